The Morgan fingerprint density at radius 3 is 2.42 bits per heavy atom. The van der Waals surface area contributed by atoms with E-state index in [1.165, 1.54) is 6.07 Å². The van der Waals surface area contributed by atoms with E-state index in [9.17, 15) is 10.1 Å². The molecule has 0 atom stereocenters. The van der Waals surface area contributed by atoms with Crippen LogP contribution in [-0.4, -0.2) is 13.2 Å². The van der Waals surface area contributed by atoms with Gasteiger partial charge in [0.15, 0.2) is 8.32 Å². The van der Waals surface area contributed by atoms with Crippen molar-refractivity contribution in [1.29, 1.82) is 0 Å². The van der Waals surface area contributed by atoms with Gasteiger partial charge in [-0.25, -0.2) is 0 Å². The normalized spacial score (nSPS) is 12.5. The average Bonchev–Trinajstić information content (AvgIpc) is 2.25. The lowest BCUT2D eigenvalue weighted by atomic mass is 10.1. The van der Waals surface area contributed by atoms with Crippen molar-refractivity contribution in [2.45, 2.75) is 45.5 Å². The van der Waals surface area contributed by atoms with Gasteiger partial charge in [0.1, 0.15) is 0 Å². The molecule has 0 aliphatic carbocycles. The van der Waals surface area contributed by atoms with Crippen molar-refractivity contribution in [1.82, 2.24) is 0 Å². The maximum atomic E-state index is 11.0. The number of nitrogens with zero attached hydrogens (tertiary/aromatic N) is 1. The first-order valence-corrected chi connectivity index (χ1v) is 9.13. The highest BCUT2D eigenvalue weighted by atomic mass is 28.4. The fourth-order valence-corrected chi connectivity index (χ4v) is 2.33. The number of rotatable bonds is 4. The summed E-state index contributed by atoms with van der Waals surface area (Å²) in [6.07, 6.45) is 0. The minimum absolute atomic E-state index is 0.0266. The lowest BCUT2D eigenvalue weighted by Crippen LogP contribution is -2.40. The first kappa shape index (κ1) is 15.7. The quantitative estimate of drug-likeness (QED) is 0.395. The van der Waals surface area contributed by atoms with Crippen LogP contribution in [0.15, 0.2) is 18.2 Å². The van der Waals surface area contributed by atoms with Crippen LogP contribution in [-0.2, 0) is 11.0 Å². The van der Waals surface area contributed by atoms with E-state index in [-0.39, 0.29) is 17.3 Å². The van der Waals surface area contributed by atoms with E-state index >= 15 is 0 Å². The van der Waals surface area contributed by atoms with Gasteiger partial charge < -0.3 is 10.2 Å². The van der Waals surface area contributed by atoms with Gasteiger partial charge in [-0.05, 0) is 24.2 Å². The van der Waals surface area contributed by atoms with E-state index < -0.39 is 13.2 Å². The monoisotopic (exact) mass is 282 g/mol. The summed E-state index contributed by atoms with van der Waals surface area (Å²) in [7, 11) is -1.95. The predicted octanol–water partition coefficient (Wildman–Crippen LogP) is 3.70. The zero-order valence-corrected chi connectivity index (χ0v) is 13.2. The molecule has 19 heavy (non-hydrogen) atoms. The molecule has 1 aromatic rings. The number of nitro groups is 1. The summed E-state index contributed by atoms with van der Waals surface area (Å²) >= 11 is 0. The SMILES string of the molecule is CC(C)(C)[Si](C)(C)OCc1c(N)cccc1[N+](=O)[O-]. The third-order valence-corrected chi connectivity index (χ3v) is 8.25. The smallest absolute Gasteiger partial charge is 0.276 e. The van der Waals surface area contributed by atoms with Crippen molar-refractivity contribution in [2.24, 2.45) is 0 Å². The van der Waals surface area contributed by atoms with Crippen LogP contribution in [0, 0.1) is 10.1 Å². The van der Waals surface area contributed by atoms with Crippen molar-refractivity contribution >= 4 is 19.7 Å². The summed E-state index contributed by atoms with van der Waals surface area (Å²) in [6.45, 7) is 10.8. The number of nitrogen functional groups attached to an aromatic ring is 1. The van der Waals surface area contributed by atoms with E-state index in [0.717, 1.165) is 0 Å². The zero-order valence-electron chi connectivity index (χ0n) is 12.2. The third kappa shape index (κ3) is 3.54. The Hall–Kier alpha value is -1.40. The van der Waals surface area contributed by atoms with E-state index in [1.807, 2.05) is 0 Å². The fraction of sp³-hybridized carbons (Fsp3) is 0.538. The second kappa shape index (κ2) is 5.30. The second-order valence-electron chi connectivity index (χ2n) is 6.15. The van der Waals surface area contributed by atoms with Gasteiger partial charge in [0.2, 0.25) is 0 Å². The van der Waals surface area contributed by atoms with Crippen molar-refractivity contribution in [2.75, 3.05) is 5.73 Å². The molecular formula is C13H22N2O3Si. The van der Waals surface area contributed by atoms with Gasteiger partial charge in [0, 0.05) is 11.8 Å². The topological polar surface area (TPSA) is 78.4 Å². The van der Waals surface area contributed by atoms with E-state index in [2.05, 4.69) is 33.9 Å². The summed E-state index contributed by atoms with van der Waals surface area (Å²) in [4.78, 5) is 10.6. The highest BCUT2D eigenvalue weighted by molar-refractivity contribution is 6.74. The van der Waals surface area contributed by atoms with Crippen LogP contribution in [0.1, 0.15) is 26.3 Å². The van der Waals surface area contributed by atoms with Crippen LogP contribution >= 0.6 is 0 Å². The molecule has 1 rings (SSSR count). The minimum atomic E-state index is -1.95. The van der Waals surface area contributed by atoms with Crippen molar-refractivity contribution in [3.8, 4) is 0 Å². The molecule has 0 aromatic heterocycles. The molecule has 0 heterocycles. The van der Waals surface area contributed by atoms with Gasteiger partial charge in [-0.2, -0.15) is 0 Å². The molecule has 106 valence electrons. The Bertz CT molecular complexity index is 481. The molecule has 5 nitrogen and oxygen atoms in total. The summed E-state index contributed by atoms with van der Waals surface area (Å²) in [5, 5.41) is 11.1. The van der Waals surface area contributed by atoms with Gasteiger partial charge in [-0.15, -0.1) is 0 Å². The van der Waals surface area contributed by atoms with Gasteiger partial charge in [0.05, 0.1) is 17.1 Å². The van der Waals surface area contributed by atoms with Crippen LogP contribution < -0.4 is 5.73 Å². The molecule has 6 heteroatoms. The summed E-state index contributed by atoms with van der Waals surface area (Å²) in [5.41, 5.74) is 6.73. The number of benzene rings is 1. The molecule has 0 fully saturated rings. The van der Waals surface area contributed by atoms with Gasteiger partial charge in [-0.3, -0.25) is 10.1 Å². The minimum Gasteiger partial charge on any atom is -0.412 e. The highest BCUT2D eigenvalue weighted by Gasteiger charge is 2.37. The molecule has 0 saturated heterocycles. The molecule has 1 aromatic carbocycles. The Kier molecular flexibility index (Phi) is 4.37. The number of nitrogens with two attached hydrogens (primary N) is 1. The van der Waals surface area contributed by atoms with Gasteiger partial charge in [-0.1, -0.05) is 26.8 Å². The Morgan fingerprint density at radius 1 is 1.37 bits per heavy atom. The molecular weight excluding hydrogens is 260 g/mol. The maximum Gasteiger partial charge on any atom is 0.276 e. The molecule has 0 spiro atoms. The maximum absolute atomic E-state index is 11.0. The van der Waals surface area contributed by atoms with Crippen molar-refractivity contribution in [3.05, 3.63) is 33.9 Å². The molecule has 0 bridgehead atoms. The predicted molar refractivity (Wildman–Crippen MR) is 79.5 cm³/mol. The summed E-state index contributed by atoms with van der Waals surface area (Å²) in [6, 6.07) is 4.71. The van der Waals surface area contributed by atoms with Crippen LogP contribution in [0.5, 0.6) is 0 Å². The second-order valence-corrected chi connectivity index (χ2v) is 11.0. The summed E-state index contributed by atoms with van der Waals surface area (Å²) < 4.78 is 6.01. The van der Waals surface area contributed by atoms with E-state index in [0.29, 0.717) is 11.3 Å². The molecule has 0 radical (unpaired) electrons. The lowest BCUT2D eigenvalue weighted by molar-refractivity contribution is -0.385. The number of anilines is 1. The Labute approximate surface area is 115 Å². The number of hydrogen-bond donors (Lipinski definition) is 1. The molecule has 0 saturated carbocycles. The zero-order chi connectivity index (χ0) is 14.8. The number of hydrogen-bond acceptors (Lipinski definition) is 4. The first-order chi connectivity index (χ1) is 8.56. The largest absolute Gasteiger partial charge is 0.412 e. The van der Waals surface area contributed by atoms with Crippen LogP contribution in [0.25, 0.3) is 0 Å². The third-order valence-electron chi connectivity index (χ3n) is 3.77. The Morgan fingerprint density at radius 2 is 1.95 bits per heavy atom. The van der Waals surface area contributed by atoms with Gasteiger partial charge >= 0.3 is 0 Å². The summed E-state index contributed by atoms with van der Waals surface area (Å²) in [5.74, 6) is 0. The van der Waals surface area contributed by atoms with E-state index in [4.69, 9.17) is 10.2 Å². The standard InChI is InChI=1S/C13H22N2O3Si/c1-13(2,3)19(4,5)18-9-10-11(14)7-6-8-12(10)15(16)17/h6-8H,9,14H2,1-5H3. The first-order valence-electron chi connectivity index (χ1n) is 6.22. The van der Waals surface area contributed by atoms with Crippen molar-refractivity contribution < 1.29 is 9.35 Å². The molecule has 0 aliphatic rings. The van der Waals surface area contributed by atoms with Crippen LogP contribution in [0.3, 0.4) is 0 Å². The Balaban J connectivity index is 2.99. The molecule has 0 aliphatic heterocycles. The van der Waals surface area contributed by atoms with Crippen LogP contribution in [0.2, 0.25) is 18.1 Å². The number of nitro benzene ring substituents is 1. The molecule has 2 N–H and O–H groups in total. The molecule has 0 unspecified atom stereocenters. The lowest BCUT2D eigenvalue weighted by Gasteiger charge is -2.36. The van der Waals surface area contributed by atoms with Gasteiger partial charge in [0.25, 0.3) is 5.69 Å². The highest BCUT2D eigenvalue weighted by Crippen LogP contribution is 2.38. The van der Waals surface area contributed by atoms with Crippen molar-refractivity contribution in [3.63, 3.8) is 0 Å². The molecule has 0 amide bonds. The van der Waals surface area contributed by atoms with Crippen LogP contribution in [0.4, 0.5) is 11.4 Å². The fourth-order valence-electron chi connectivity index (χ4n) is 1.39. The average molecular weight is 282 g/mol. The van der Waals surface area contributed by atoms with E-state index in [1.54, 1.807) is 12.1 Å².